The van der Waals surface area contributed by atoms with Crippen molar-refractivity contribution in [3.05, 3.63) is 32.2 Å². The first-order valence-corrected chi connectivity index (χ1v) is 4.77. The Hall–Kier alpha value is -0.370. The number of nitrogens with zero attached hydrogens (tertiary/aromatic N) is 1. The average molecular weight is 291 g/mol. The molecule has 0 aromatic heterocycles. The highest BCUT2D eigenvalue weighted by atomic mass is 79.9. The van der Waals surface area contributed by atoms with Gasteiger partial charge in [-0.2, -0.15) is 5.26 Å². The van der Waals surface area contributed by atoms with Crippen molar-refractivity contribution in [1.29, 1.82) is 5.26 Å². The van der Waals surface area contributed by atoms with Crippen LogP contribution in [-0.4, -0.2) is 5.11 Å². The van der Waals surface area contributed by atoms with Gasteiger partial charge in [-0.15, -0.1) is 0 Å². The van der Waals surface area contributed by atoms with Crippen LogP contribution in [0.4, 0.5) is 0 Å². The normalized spacial score (nSPS) is 9.50. The Bertz CT molecular complexity index is 344. The van der Waals surface area contributed by atoms with Gasteiger partial charge in [-0.1, -0.05) is 15.9 Å². The van der Waals surface area contributed by atoms with Crippen LogP contribution in [0.15, 0.2) is 21.1 Å². The summed E-state index contributed by atoms with van der Waals surface area (Å²) in [6.07, 6.45) is 0. The fraction of sp³-hybridized carbons (Fsp3) is 0.125. The molecule has 0 amide bonds. The summed E-state index contributed by atoms with van der Waals surface area (Å²) in [5, 5.41) is 17.7. The summed E-state index contributed by atoms with van der Waals surface area (Å²) < 4.78 is 1.46. The molecule has 0 fully saturated rings. The van der Waals surface area contributed by atoms with Gasteiger partial charge in [-0.25, -0.2) is 0 Å². The first-order valence-electron chi connectivity index (χ1n) is 3.18. The van der Waals surface area contributed by atoms with E-state index in [1.807, 2.05) is 6.07 Å². The van der Waals surface area contributed by atoms with Gasteiger partial charge in [0, 0.05) is 14.5 Å². The smallest absolute Gasteiger partial charge is 0.101 e. The molecule has 1 N–H and O–H groups in total. The first-order chi connectivity index (χ1) is 5.70. The van der Waals surface area contributed by atoms with Crippen LogP contribution in [0.2, 0.25) is 0 Å². The highest BCUT2D eigenvalue weighted by Gasteiger charge is 2.08. The number of benzene rings is 1. The lowest BCUT2D eigenvalue weighted by molar-refractivity contribution is 0.280. The predicted octanol–water partition coefficient (Wildman–Crippen LogP) is 2.58. The van der Waals surface area contributed by atoms with Crippen LogP contribution in [-0.2, 0) is 6.61 Å². The molecule has 0 aliphatic heterocycles. The molecule has 0 unspecified atom stereocenters. The molecule has 2 nitrogen and oxygen atoms in total. The van der Waals surface area contributed by atoms with E-state index in [0.717, 1.165) is 4.47 Å². The van der Waals surface area contributed by atoms with Crippen LogP contribution < -0.4 is 0 Å². The quantitative estimate of drug-likeness (QED) is 0.864. The Kier molecular flexibility index (Phi) is 3.27. The number of hydrogen-bond donors (Lipinski definition) is 1. The molecule has 4 heteroatoms. The lowest BCUT2D eigenvalue weighted by Crippen LogP contribution is -1.92. The topological polar surface area (TPSA) is 44.0 Å². The molecule has 1 rings (SSSR count). The Balaban J connectivity index is 3.41. The largest absolute Gasteiger partial charge is 0.392 e. The van der Waals surface area contributed by atoms with E-state index in [1.54, 1.807) is 12.1 Å². The van der Waals surface area contributed by atoms with E-state index in [9.17, 15) is 0 Å². The van der Waals surface area contributed by atoms with Crippen molar-refractivity contribution in [1.82, 2.24) is 0 Å². The van der Waals surface area contributed by atoms with Gasteiger partial charge in [0.1, 0.15) is 6.07 Å². The summed E-state index contributed by atoms with van der Waals surface area (Å²) >= 11 is 6.48. The highest BCUT2D eigenvalue weighted by molar-refractivity contribution is 9.11. The third kappa shape index (κ3) is 1.69. The maximum Gasteiger partial charge on any atom is 0.101 e. The Labute approximate surface area is 87.1 Å². The SMILES string of the molecule is N#Cc1c(Br)ccc(Br)c1CO. The summed E-state index contributed by atoms with van der Waals surface area (Å²) in [6.45, 7) is -0.136. The molecule has 1 aromatic rings. The van der Waals surface area contributed by atoms with Gasteiger partial charge in [-0.3, -0.25) is 0 Å². The molecule has 0 spiro atoms. The third-order valence-electron chi connectivity index (χ3n) is 1.47. The van der Waals surface area contributed by atoms with Crippen LogP contribution in [0.25, 0.3) is 0 Å². The summed E-state index contributed by atoms with van der Waals surface area (Å²) in [7, 11) is 0. The number of nitriles is 1. The van der Waals surface area contributed by atoms with Crippen molar-refractivity contribution in [3.8, 4) is 6.07 Å². The van der Waals surface area contributed by atoms with Crippen molar-refractivity contribution in [2.75, 3.05) is 0 Å². The van der Waals surface area contributed by atoms with Gasteiger partial charge in [-0.05, 0) is 28.1 Å². The zero-order chi connectivity index (χ0) is 9.14. The Morgan fingerprint density at radius 2 is 1.92 bits per heavy atom. The van der Waals surface area contributed by atoms with E-state index in [4.69, 9.17) is 10.4 Å². The van der Waals surface area contributed by atoms with Crippen LogP contribution in [0.1, 0.15) is 11.1 Å². The van der Waals surface area contributed by atoms with Crippen molar-refractivity contribution in [2.24, 2.45) is 0 Å². The zero-order valence-corrected chi connectivity index (χ0v) is 9.18. The van der Waals surface area contributed by atoms with Crippen molar-refractivity contribution < 1.29 is 5.11 Å². The third-order valence-corrected chi connectivity index (χ3v) is 2.88. The van der Waals surface area contributed by atoms with Crippen molar-refractivity contribution >= 4 is 31.9 Å². The van der Waals surface area contributed by atoms with E-state index in [1.165, 1.54) is 0 Å². The molecular formula is C8H5Br2NO. The van der Waals surface area contributed by atoms with E-state index in [0.29, 0.717) is 15.6 Å². The van der Waals surface area contributed by atoms with E-state index in [-0.39, 0.29) is 6.61 Å². The van der Waals surface area contributed by atoms with Gasteiger partial charge in [0.15, 0.2) is 0 Å². The second-order valence-corrected chi connectivity index (χ2v) is 3.86. The van der Waals surface area contributed by atoms with Gasteiger partial charge in [0.05, 0.1) is 12.2 Å². The second kappa shape index (κ2) is 4.04. The summed E-state index contributed by atoms with van der Waals surface area (Å²) in [4.78, 5) is 0. The molecular weight excluding hydrogens is 286 g/mol. The van der Waals surface area contributed by atoms with Crippen LogP contribution in [0.5, 0.6) is 0 Å². The van der Waals surface area contributed by atoms with Gasteiger partial charge in [0.2, 0.25) is 0 Å². The van der Waals surface area contributed by atoms with E-state index in [2.05, 4.69) is 31.9 Å². The molecule has 0 aliphatic carbocycles. The van der Waals surface area contributed by atoms with Gasteiger partial charge < -0.3 is 5.11 Å². The first kappa shape index (κ1) is 9.72. The minimum absolute atomic E-state index is 0.136. The number of halogens is 2. The van der Waals surface area contributed by atoms with E-state index >= 15 is 0 Å². The molecule has 0 heterocycles. The van der Waals surface area contributed by atoms with Crippen LogP contribution in [0, 0.1) is 11.3 Å². The molecule has 0 saturated heterocycles. The molecule has 0 radical (unpaired) electrons. The molecule has 1 aromatic carbocycles. The maximum absolute atomic E-state index is 8.95. The van der Waals surface area contributed by atoms with Crippen LogP contribution in [0.3, 0.4) is 0 Å². The Morgan fingerprint density at radius 1 is 1.33 bits per heavy atom. The molecule has 0 bridgehead atoms. The van der Waals surface area contributed by atoms with Gasteiger partial charge >= 0.3 is 0 Å². The average Bonchev–Trinajstić information content (AvgIpc) is 2.08. The van der Waals surface area contributed by atoms with E-state index < -0.39 is 0 Å². The summed E-state index contributed by atoms with van der Waals surface area (Å²) in [5.41, 5.74) is 1.10. The lowest BCUT2D eigenvalue weighted by atomic mass is 10.1. The monoisotopic (exact) mass is 289 g/mol. The molecule has 12 heavy (non-hydrogen) atoms. The molecule has 0 aliphatic rings. The van der Waals surface area contributed by atoms with Gasteiger partial charge in [0.25, 0.3) is 0 Å². The standard InChI is InChI=1S/C8H5Br2NO/c9-7-1-2-8(10)6(4-12)5(7)3-11/h1-2,12H,4H2. The van der Waals surface area contributed by atoms with Crippen molar-refractivity contribution in [2.45, 2.75) is 6.61 Å². The predicted molar refractivity (Wildman–Crippen MR) is 52.5 cm³/mol. The zero-order valence-electron chi connectivity index (χ0n) is 6.01. The minimum Gasteiger partial charge on any atom is -0.392 e. The molecule has 62 valence electrons. The lowest BCUT2D eigenvalue weighted by Gasteiger charge is -2.04. The summed E-state index contributed by atoms with van der Waals surface area (Å²) in [5.74, 6) is 0. The number of rotatable bonds is 1. The molecule has 0 atom stereocenters. The minimum atomic E-state index is -0.136. The van der Waals surface area contributed by atoms with Crippen molar-refractivity contribution in [3.63, 3.8) is 0 Å². The van der Waals surface area contributed by atoms with Crippen LogP contribution >= 0.6 is 31.9 Å². The second-order valence-electron chi connectivity index (χ2n) is 2.15. The summed E-state index contributed by atoms with van der Waals surface area (Å²) in [6, 6.07) is 5.57. The number of aliphatic hydroxyl groups excluding tert-OH is 1. The Morgan fingerprint density at radius 3 is 2.33 bits per heavy atom. The number of aliphatic hydroxyl groups is 1. The maximum atomic E-state index is 8.95. The molecule has 0 saturated carbocycles. The fourth-order valence-electron chi connectivity index (χ4n) is 0.869. The number of hydrogen-bond acceptors (Lipinski definition) is 2. The highest BCUT2D eigenvalue weighted by Crippen LogP contribution is 2.26. The fourth-order valence-corrected chi connectivity index (χ4v) is 1.79.